The van der Waals surface area contributed by atoms with Crippen molar-refractivity contribution >= 4 is 5.97 Å². The van der Waals surface area contributed by atoms with Gasteiger partial charge in [0, 0.05) is 12.6 Å². The van der Waals surface area contributed by atoms with Gasteiger partial charge in [-0.05, 0) is 27.2 Å². The highest BCUT2D eigenvalue weighted by molar-refractivity contribution is 5.80. The third kappa shape index (κ3) is 6.97. The number of hydrogen-bond donors (Lipinski definition) is 1. The molecule has 0 aliphatic carbocycles. The van der Waals surface area contributed by atoms with Crippen molar-refractivity contribution in [1.29, 1.82) is 0 Å². The summed E-state index contributed by atoms with van der Waals surface area (Å²) in [6.45, 7) is 9.06. The lowest BCUT2D eigenvalue weighted by atomic mass is 10.0. The lowest BCUT2D eigenvalue weighted by Gasteiger charge is -2.29. The van der Waals surface area contributed by atoms with Crippen LogP contribution in [0.25, 0.3) is 0 Å². The van der Waals surface area contributed by atoms with Gasteiger partial charge in [-0.25, -0.2) is 4.79 Å². The van der Waals surface area contributed by atoms with Gasteiger partial charge in [0.2, 0.25) is 0 Å². The fourth-order valence-corrected chi connectivity index (χ4v) is 1.93. The maximum atomic E-state index is 11.8. The van der Waals surface area contributed by atoms with E-state index in [0.29, 0.717) is 13.2 Å². The van der Waals surface area contributed by atoms with Crippen molar-refractivity contribution in [3.8, 4) is 0 Å². The Hall–Kier alpha value is -0.610. The molecule has 0 heterocycles. The summed E-state index contributed by atoms with van der Waals surface area (Å²) in [4.78, 5) is 11.8. The molecule has 4 heteroatoms. The Kier molecular flexibility index (Phi) is 9.02. The van der Waals surface area contributed by atoms with E-state index in [1.807, 2.05) is 20.8 Å². The van der Waals surface area contributed by atoms with Crippen LogP contribution >= 0.6 is 0 Å². The van der Waals surface area contributed by atoms with Crippen molar-refractivity contribution in [2.24, 2.45) is 0 Å². The molecule has 108 valence electrons. The van der Waals surface area contributed by atoms with Crippen LogP contribution in [0.1, 0.15) is 53.4 Å². The Morgan fingerprint density at radius 3 is 2.44 bits per heavy atom. The molecule has 0 aliphatic rings. The van der Waals surface area contributed by atoms with E-state index in [2.05, 4.69) is 12.2 Å². The summed E-state index contributed by atoms with van der Waals surface area (Å²) in [5.41, 5.74) is -0.756. The average molecular weight is 259 g/mol. The van der Waals surface area contributed by atoms with Crippen LogP contribution in [0, 0.1) is 0 Å². The number of carbonyl (C=O) groups is 1. The lowest BCUT2D eigenvalue weighted by Crippen LogP contribution is -2.56. The number of rotatable bonds is 10. The van der Waals surface area contributed by atoms with E-state index < -0.39 is 5.54 Å². The number of methoxy groups -OCH3 is 1. The number of unbranched alkanes of at least 4 members (excludes halogenated alkanes) is 3. The quantitative estimate of drug-likeness (QED) is 0.484. The first-order chi connectivity index (χ1) is 8.46. The average Bonchev–Trinajstić information content (AvgIpc) is 2.31. The fourth-order valence-electron chi connectivity index (χ4n) is 1.93. The van der Waals surface area contributed by atoms with Gasteiger partial charge in [0.1, 0.15) is 5.54 Å². The van der Waals surface area contributed by atoms with Crippen LogP contribution in [-0.4, -0.2) is 37.9 Å². The molecule has 0 aromatic rings. The number of ether oxygens (including phenoxy) is 2. The minimum atomic E-state index is -0.756. The van der Waals surface area contributed by atoms with Crippen LogP contribution in [0.4, 0.5) is 0 Å². The summed E-state index contributed by atoms with van der Waals surface area (Å²) in [6.07, 6.45) is 4.69. The largest absolute Gasteiger partial charge is 0.468 e. The van der Waals surface area contributed by atoms with Crippen LogP contribution in [0.2, 0.25) is 0 Å². The molecule has 0 radical (unpaired) electrons. The molecule has 4 nitrogen and oxygen atoms in total. The van der Waals surface area contributed by atoms with Gasteiger partial charge in [-0.3, -0.25) is 5.32 Å². The zero-order chi connectivity index (χ0) is 14.0. The molecule has 0 aliphatic heterocycles. The SMILES string of the molecule is CCCCCCOCC(C)(NC(C)C)C(=O)OC. The van der Waals surface area contributed by atoms with Gasteiger partial charge in [-0.1, -0.05) is 26.2 Å². The standard InChI is InChI=1S/C14H29NO3/c1-6-7-8-9-10-18-11-14(4,13(16)17-5)15-12(2)3/h12,15H,6-11H2,1-5H3. The Morgan fingerprint density at radius 1 is 1.28 bits per heavy atom. The second-order valence-electron chi connectivity index (χ2n) is 5.24. The second kappa shape index (κ2) is 9.34. The minimum absolute atomic E-state index is 0.206. The molecule has 0 saturated carbocycles. The van der Waals surface area contributed by atoms with Gasteiger partial charge < -0.3 is 9.47 Å². The molecule has 0 rings (SSSR count). The summed E-state index contributed by atoms with van der Waals surface area (Å²) in [7, 11) is 1.41. The smallest absolute Gasteiger partial charge is 0.328 e. The molecular weight excluding hydrogens is 230 g/mol. The Balaban J connectivity index is 4.05. The predicted octanol–water partition coefficient (Wildman–Crippen LogP) is 2.51. The minimum Gasteiger partial charge on any atom is -0.468 e. The lowest BCUT2D eigenvalue weighted by molar-refractivity contribution is -0.151. The zero-order valence-electron chi connectivity index (χ0n) is 12.5. The van der Waals surface area contributed by atoms with Gasteiger partial charge in [0.05, 0.1) is 13.7 Å². The van der Waals surface area contributed by atoms with Gasteiger partial charge in [-0.15, -0.1) is 0 Å². The molecule has 0 aromatic heterocycles. The van der Waals surface area contributed by atoms with Crippen LogP contribution < -0.4 is 5.32 Å². The van der Waals surface area contributed by atoms with Gasteiger partial charge >= 0.3 is 5.97 Å². The zero-order valence-corrected chi connectivity index (χ0v) is 12.5. The van der Waals surface area contributed by atoms with Crippen LogP contribution in [0.5, 0.6) is 0 Å². The van der Waals surface area contributed by atoms with E-state index in [1.54, 1.807) is 0 Å². The maximum absolute atomic E-state index is 11.8. The molecule has 1 N–H and O–H groups in total. The van der Waals surface area contributed by atoms with E-state index >= 15 is 0 Å². The predicted molar refractivity (Wildman–Crippen MR) is 73.7 cm³/mol. The molecule has 0 spiro atoms. The van der Waals surface area contributed by atoms with Crippen LogP contribution in [-0.2, 0) is 14.3 Å². The highest BCUT2D eigenvalue weighted by Crippen LogP contribution is 2.10. The van der Waals surface area contributed by atoms with Crippen molar-refractivity contribution in [2.75, 3.05) is 20.3 Å². The maximum Gasteiger partial charge on any atom is 0.328 e. The third-order valence-electron chi connectivity index (χ3n) is 2.78. The summed E-state index contributed by atoms with van der Waals surface area (Å²) >= 11 is 0. The summed E-state index contributed by atoms with van der Waals surface area (Å²) in [5.74, 6) is -0.273. The summed E-state index contributed by atoms with van der Waals surface area (Å²) in [6, 6.07) is 0.206. The highest BCUT2D eigenvalue weighted by atomic mass is 16.5. The van der Waals surface area contributed by atoms with Crippen molar-refractivity contribution in [2.45, 2.75) is 65.0 Å². The van der Waals surface area contributed by atoms with Crippen molar-refractivity contribution in [1.82, 2.24) is 5.32 Å². The van der Waals surface area contributed by atoms with Gasteiger partial charge in [0.25, 0.3) is 0 Å². The van der Waals surface area contributed by atoms with E-state index in [9.17, 15) is 4.79 Å². The van der Waals surface area contributed by atoms with Crippen molar-refractivity contribution in [3.63, 3.8) is 0 Å². The first-order valence-electron chi connectivity index (χ1n) is 6.90. The molecule has 0 bridgehead atoms. The fraction of sp³-hybridized carbons (Fsp3) is 0.929. The Labute approximate surface area is 111 Å². The number of nitrogens with one attached hydrogen (secondary N) is 1. The van der Waals surface area contributed by atoms with Crippen LogP contribution in [0.15, 0.2) is 0 Å². The first-order valence-corrected chi connectivity index (χ1v) is 6.90. The van der Waals surface area contributed by atoms with E-state index in [1.165, 1.54) is 26.4 Å². The molecule has 1 unspecified atom stereocenters. The molecule has 1 atom stereocenters. The molecule has 0 amide bonds. The number of carbonyl (C=O) groups excluding carboxylic acids is 1. The highest BCUT2D eigenvalue weighted by Gasteiger charge is 2.35. The monoisotopic (exact) mass is 259 g/mol. The molecule has 18 heavy (non-hydrogen) atoms. The first kappa shape index (κ1) is 17.4. The third-order valence-corrected chi connectivity index (χ3v) is 2.78. The Morgan fingerprint density at radius 2 is 1.94 bits per heavy atom. The Bertz CT molecular complexity index is 231. The van der Waals surface area contributed by atoms with Gasteiger partial charge in [-0.2, -0.15) is 0 Å². The summed E-state index contributed by atoms with van der Waals surface area (Å²) in [5, 5.41) is 3.21. The number of esters is 1. The van der Waals surface area contributed by atoms with E-state index in [-0.39, 0.29) is 12.0 Å². The van der Waals surface area contributed by atoms with E-state index in [4.69, 9.17) is 9.47 Å². The molecule has 0 fully saturated rings. The molecule has 0 saturated heterocycles. The summed E-state index contributed by atoms with van der Waals surface area (Å²) < 4.78 is 10.4. The van der Waals surface area contributed by atoms with E-state index in [0.717, 1.165) is 6.42 Å². The van der Waals surface area contributed by atoms with Crippen molar-refractivity contribution < 1.29 is 14.3 Å². The van der Waals surface area contributed by atoms with Gasteiger partial charge in [0.15, 0.2) is 0 Å². The number of hydrogen-bond acceptors (Lipinski definition) is 4. The van der Waals surface area contributed by atoms with Crippen LogP contribution in [0.3, 0.4) is 0 Å². The molecular formula is C14H29NO3. The topological polar surface area (TPSA) is 47.6 Å². The second-order valence-corrected chi connectivity index (χ2v) is 5.24. The molecule has 0 aromatic carbocycles. The normalized spacial score (nSPS) is 14.6. The van der Waals surface area contributed by atoms with Crippen molar-refractivity contribution in [3.05, 3.63) is 0 Å².